The van der Waals surface area contributed by atoms with Gasteiger partial charge in [0.2, 0.25) is 0 Å². The number of ether oxygens (including phenoxy) is 2. The number of methoxy groups -OCH3 is 1. The summed E-state index contributed by atoms with van der Waals surface area (Å²) in [6.07, 6.45) is 1.75. The van der Waals surface area contributed by atoms with E-state index in [0.29, 0.717) is 18.1 Å². The Morgan fingerprint density at radius 3 is 2.42 bits per heavy atom. The van der Waals surface area contributed by atoms with Crippen LogP contribution in [0.15, 0.2) is 77.9 Å². The summed E-state index contributed by atoms with van der Waals surface area (Å²) in [4.78, 5) is 0. The highest BCUT2D eigenvalue weighted by atomic mass is 16.5. The van der Waals surface area contributed by atoms with Gasteiger partial charge in [0.25, 0.3) is 0 Å². The quantitative estimate of drug-likeness (QED) is 0.482. The van der Waals surface area contributed by atoms with Crippen molar-refractivity contribution in [3.8, 4) is 11.5 Å². The number of benzene rings is 3. The van der Waals surface area contributed by atoms with Gasteiger partial charge in [-0.1, -0.05) is 48.0 Å². The molecule has 0 fully saturated rings. The van der Waals surface area contributed by atoms with Crippen molar-refractivity contribution in [2.75, 3.05) is 12.5 Å². The van der Waals surface area contributed by atoms with Crippen LogP contribution < -0.4 is 14.9 Å². The first-order valence-electron chi connectivity index (χ1n) is 8.45. The predicted octanol–water partition coefficient (Wildman–Crippen LogP) is 5.03. The van der Waals surface area contributed by atoms with Crippen LogP contribution in [0.25, 0.3) is 0 Å². The Morgan fingerprint density at radius 2 is 1.69 bits per heavy atom. The minimum Gasteiger partial charge on any atom is -0.493 e. The molecule has 0 aliphatic carbocycles. The van der Waals surface area contributed by atoms with Crippen LogP contribution in [0.2, 0.25) is 0 Å². The van der Waals surface area contributed by atoms with Gasteiger partial charge >= 0.3 is 0 Å². The Hall–Kier alpha value is -3.27. The molecule has 0 bridgehead atoms. The van der Waals surface area contributed by atoms with Gasteiger partial charge in [0.05, 0.1) is 19.0 Å². The van der Waals surface area contributed by atoms with E-state index in [4.69, 9.17) is 9.47 Å². The molecular weight excluding hydrogens is 324 g/mol. The molecule has 0 heterocycles. The molecular formula is C22H22N2O2. The second kappa shape index (κ2) is 8.72. The van der Waals surface area contributed by atoms with Gasteiger partial charge in [-0.2, -0.15) is 5.10 Å². The third-order valence-corrected chi connectivity index (χ3v) is 3.88. The summed E-state index contributed by atoms with van der Waals surface area (Å²) in [6, 6.07) is 23.8. The normalized spacial score (nSPS) is 10.7. The van der Waals surface area contributed by atoms with Crippen LogP contribution in [0.1, 0.15) is 16.7 Å². The fourth-order valence-electron chi connectivity index (χ4n) is 2.42. The lowest BCUT2D eigenvalue weighted by atomic mass is 10.2. The fraction of sp³-hybridized carbons (Fsp3) is 0.136. The Kier molecular flexibility index (Phi) is 5.88. The topological polar surface area (TPSA) is 42.8 Å². The average molecular weight is 346 g/mol. The molecule has 3 aromatic carbocycles. The van der Waals surface area contributed by atoms with E-state index in [-0.39, 0.29) is 0 Å². The maximum Gasteiger partial charge on any atom is 0.161 e. The van der Waals surface area contributed by atoms with Crippen LogP contribution in [0.4, 0.5) is 5.69 Å². The summed E-state index contributed by atoms with van der Waals surface area (Å²) in [5.74, 6) is 1.39. The first-order valence-corrected chi connectivity index (χ1v) is 8.45. The smallest absolute Gasteiger partial charge is 0.161 e. The average Bonchev–Trinajstić information content (AvgIpc) is 2.69. The van der Waals surface area contributed by atoms with Crippen molar-refractivity contribution >= 4 is 11.9 Å². The molecule has 4 nitrogen and oxygen atoms in total. The van der Waals surface area contributed by atoms with Crippen LogP contribution in [-0.4, -0.2) is 13.3 Å². The summed E-state index contributed by atoms with van der Waals surface area (Å²) in [5.41, 5.74) is 7.21. The van der Waals surface area contributed by atoms with Crippen molar-refractivity contribution < 1.29 is 9.47 Å². The van der Waals surface area contributed by atoms with Gasteiger partial charge in [-0.3, -0.25) is 5.43 Å². The monoisotopic (exact) mass is 346 g/mol. The van der Waals surface area contributed by atoms with Gasteiger partial charge in [0, 0.05) is 0 Å². The Morgan fingerprint density at radius 1 is 0.923 bits per heavy atom. The van der Waals surface area contributed by atoms with Crippen LogP contribution in [-0.2, 0) is 6.61 Å². The van der Waals surface area contributed by atoms with Crippen molar-refractivity contribution in [1.82, 2.24) is 0 Å². The van der Waals surface area contributed by atoms with Crippen molar-refractivity contribution in [3.05, 3.63) is 89.5 Å². The van der Waals surface area contributed by atoms with Gasteiger partial charge < -0.3 is 9.47 Å². The van der Waals surface area contributed by atoms with Gasteiger partial charge in [-0.15, -0.1) is 0 Å². The van der Waals surface area contributed by atoms with E-state index >= 15 is 0 Å². The number of nitrogens with one attached hydrogen (secondary N) is 1. The molecule has 0 aliphatic heterocycles. The molecule has 0 unspecified atom stereocenters. The van der Waals surface area contributed by atoms with E-state index in [1.165, 1.54) is 5.56 Å². The summed E-state index contributed by atoms with van der Waals surface area (Å²) < 4.78 is 11.3. The molecule has 3 rings (SSSR count). The summed E-state index contributed by atoms with van der Waals surface area (Å²) in [6.45, 7) is 2.57. The number of para-hydroxylation sites is 1. The van der Waals surface area contributed by atoms with E-state index < -0.39 is 0 Å². The maximum atomic E-state index is 5.90. The minimum atomic E-state index is 0.500. The summed E-state index contributed by atoms with van der Waals surface area (Å²) >= 11 is 0. The first-order chi connectivity index (χ1) is 12.7. The Balaban J connectivity index is 1.64. The third kappa shape index (κ3) is 4.86. The lowest BCUT2D eigenvalue weighted by Gasteiger charge is -2.11. The molecule has 0 aliphatic rings. The molecule has 3 aromatic rings. The van der Waals surface area contributed by atoms with Gasteiger partial charge in [-0.05, 0) is 48.4 Å². The second-order valence-electron chi connectivity index (χ2n) is 5.92. The van der Waals surface area contributed by atoms with E-state index in [2.05, 4.69) is 41.7 Å². The van der Waals surface area contributed by atoms with Gasteiger partial charge in [-0.25, -0.2) is 0 Å². The molecule has 0 spiro atoms. The Bertz CT molecular complexity index is 859. The number of hydrogen-bond acceptors (Lipinski definition) is 4. The van der Waals surface area contributed by atoms with Crippen molar-refractivity contribution in [3.63, 3.8) is 0 Å². The SMILES string of the molecule is COc1cc(C=NNc2ccccc2)ccc1OCc1ccc(C)cc1. The molecule has 0 aromatic heterocycles. The predicted molar refractivity (Wildman–Crippen MR) is 106 cm³/mol. The number of aryl methyl sites for hydroxylation is 1. The molecule has 132 valence electrons. The van der Waals surface area contributed by atoms with Crippen LogP contribution in [0.3, 0.4) is 0 Å². The lowest BCUT2D eigenvalue weighted by molar-refractivity contribution is 0.284. The highest BCUT2D eigenvalue weighted by Gasteiger charge is 2.05. The lowest BCUT2D eigenvalue weighted by Crippen LogP contribution is -1.98. The number of hydrogen-bond donors (Lipinski definition) is 1. The Labute approximate surface area is 154 Å². The first kappa shape index (κ1) is 17.5. The number of hydrazone groups is 1. The molecule has 1 N–H and O–H groups in total. The van der Waals surface area contributed by atoms with E-state index in [0.717, 1.165) is 16.8 Å². The number of nitrogens with zero attached hydrogens (tertiary/aromatic N) is 1. The fourth-order valence-corrected chi connectivity index (χ4v) is 2.42. The summed E-state index contributed by atoms with van der Waals surface area (Å²) in [7, 11) is 1.64. The van der Waals surface area contributed by atoms with Crippen molar-refractivity contribution in [2.24, 2.45) is 5.10 Å². The third-order valence-electron chi connectivity index (χ3n) is 3.88. The molecule has 0 saturated carbocycles. The van der Waals surface area contributed by atoms with Gasteiger partial charge in [0.1, 0.15) is 6.61 Å². The van der Waals surface area contributed by atoms with Crippen LogP contribution in [0.5, 0.6) is 11.5 Å². The van der Waals surface area contributed by atoms with Crippen molar-refractivity contribution in [2.45, 2.75) is 13.5 Å². The molecule has 26 heavy (non-hydrogen) atoms. The molecule has 0 atom stereocenters. The molecule has 0 radical (unpaired) electrons. The van der Waals surface area contributed by atoms with Crippen molar-refractivity contribution in [1.29, 1.82) is 0 Å². The van der Waals surface area contributed by atoms with E-state index in [1.807, 2.05) is 48.5 Å². The largest absolute Gasteiger partial charge is 0.493 e. The maximum absolute atomic E-state index is 5.90. The molecule has 0 saturated heterocycles. The standard InChI is InChI=1S/C22H22N2O2/c1-17-8-10-18(11-9-17)16-26-21-13-12-19(14-22(21)25-2)15-23-24-20-6-4-3-5-7-20/h3-15,24H,16H2,1-2H3. The van der Waals surface area contributed by atoms with E-state index in [9.17, 15) is 0 Å². The highest BCUT2D eigenvalue weighted by Crippen LogP contribution is 2.28. The highest BCUT2D eigenvalue weighted by molar-refractivity contribution is 5.81. The second-order valence-corrected chi connectivity index (χ2v) is 5.92. The number of anilines is 1. The zero-order valence-electron chi connectivity index (χ0n) is 15.0. The van der Waals surface area contributed by atoms with Crippen LogP contribution >= 0.6 is 0 Å². The van der Waals surface area contributed by atoms with Crippen LogP contribution in [0, 0.1) is 6.92 Å². The minimum absolute atomic E-state index is 0.500. The zero-order chi connectivity index (χ0) is 18.2. The number of rotatable bonds is 7. The van der Waals surface area contributed by atoms with E-state index in [1.54, 1.807) is 13.3 Å². The van der Waals surface area contributed by atoms with Gasteiger partial charge in [0.15, 0.2) is 11.5 Å². The zero-order valence-corrected chi connectivity index (χ0v) is 15.0. The molecule has 0 amide bonds. The molecule has 4 heteroatoms. The summed E-state index contributed by atoms with van der Waals surface area (Å²) in [5, 5.41) is 4.25.